The van der Waals surface area contributed by atoms with Crippen molar-refractivity contribution in [1.29, 1.82) is 0 Å². The Morgan fingerprint density at radius 3 is 2.72 bits per heavy atom. The molecule has 3 heteroatoms. The molecule has 96 valence electrons. The van der Waals surface area contributed by atoms with Crippen molar-refractivity contribution in [2.45, 2.75) is 32.2 Å². The molecule has 0 saturated carbocycles. The van der Waals surface area contributed by atoms with E-state index in [1.54, 1.807) is 6.08 Å². The number of rotatable bonds is 4. The number of carbonyl (C=O) groups is 1. The van der Waals surface area contributed by atoms with Gasteiger partial charge < -0.3 is 9.47 Å². The highest BCUT2D eigenvalue weighted by atomic mass is 16.7. The zero-order valence-corrected chi connectivity index (χ0v) is 10.8. The second-order valence-electron chi connectivity index (χ2n) is 4.82. The van der Waals surface area contributed by atoms with Crippen molar-refractivity contribution in [3.8, 4) is 0 Å². The summed E-state index contributed by atoms with van der Waals surface area (Å²) >= 11 is 0. The minimum atomic E-state index is -0.498. The van der Waals surface area contributed by atoms with Gasteiger partial charge in [0.2, 0.25) is 0 Å². The molecule has 0 amide bonds. The lowest BCUT2D eigenvalue weighted by molar-refractivity contribution is -0.137. The molecule has 0 radical (unpaired) electrons. The molecule has 1 fully saturated rings. The first-order valence-electron chi connectivity index (χ1n) is 6.14. The summed E-state index contributed by atoms with van der Waals surface area (Å²) in [5.41, 5.74) is 0.706. The minimum absolute atomic E-state index is 0.0220. The van der Waals surface area contributed by atoms with Crippen molar-refractivity contribution >= 4 is 5.78 Å². The van der Waals surface area contributed by atoms with E-state index in [4.69, 9.17) is 9.47 Å². The fourth-order valence-corrected chi connectivity index (χ4v) is 1.90. The van der Waals surface area contributed by atoms with Gasteiger partial charge in [-0.3, -0.25) is 4.79 Å². The van der Waals surface area contributed by atoms with Gasteiger partial charge in [0, 0.05) is 5.56 Å². The molecule has 1 saturated heterocycles. The largest absolute Gasteiger partial charge is 0.348 e. The van der Waals surface area contributed by atoms with Gasteiger partial charge in [-0.05, 0) is 26.3 Å². The van der Waals surface area contributed by atoms with Crippen molar-refractivity contribution in [3.05, 3.63) is 48.0 Å². The summed E-state index contributed by atoms with van der Waals surface area (Å²) in [4.78, 5) is 11.8. The standard InChI is InChI=1S/C15H18O3/c1-15(2)17-11-13(18-15)9-6-10-14(16)12-7-4-3-5-8-12/h3-8,10,13H,9,11H2,1-2H3/b10-6+/t13-/m0/s1. The highest BCUT2D eigenvalue weighted by Crippen LogP contribution is 2.24. The summed E-state index contributed by atoms with van der Waals surface area (Å²) < 4.78 is 11.1. The van der Waals surface area contributed by atoms with Gasteiger partial charge in [-0.25, -0.2) is 0 Å². The quantitative estimate of drug-likeness (QED) is 0.605. The van der Waals surface area contributed by atoms with Crippen LogP contribution in [-0.2, 0) is 9.47 Å². The summed E-state index contributed by atoms with van der Waals surface area (Å²) in [7, 11) is 0. The van der Waals surface area contributed by atoms with E-state index in [0.717, 1.165) is 0 Å². The molecular formula is C15H18O3. The molecule has 0 bridgehead atoms. The van der Waals surface area contributed by atoms with E-state index in [2.05, 4.69) is 0 Å². The third-order valence-electron chi connectivity index (χ3n) is 2.79. The van der Waals surface area contributed by atoms with Crippen molar-refractivity contribution in [2.75, 3.05) is 6.61 Å². The lowest BCUT2D eigenvalue weighted by Gasteiger charge is -2.16. The van der Waals surface area contributed by atoms with Crippen molar-refractivity contribution in [3.63, 3.8) is 0 Å². The van der Waals surface area contributed by atoms with Crippen LogP contribution in [0.5, 0.6) is 0 Å². The van der Waals surface area contributed by atoms with Gasteiger partial charge in [-0.1, -0.05) is 36.4 Å². The minimum Gasteiger partial charge on any atom is -0.348 e. The van der Waals surface area contributed by atoms with Crippen LogP contribution < -0.4 is 0 Å². The third-order valence-corrected chi connectivity index (χ3v) is 2.79. The summed E-state index contributed by atoms with van der Waals surface area (Å²) in [6.07, 6.45) is 4.19. The zero-order valence-electron chi connectivity index (χ0n) is 10.8. The molecule has 1 aliphatic heterocycles. The van der Waals surface area contributed by atoms with E-state index in [-0.39, 0.29) is 11.9 Å². The highest BCUT2D eigenvalue weighted by Gasteiger charge is 2.31. The Labute approximate surface area is 107 Å². The lowest BCUT2D eigenvalue weighted by atomic mass is 10.1. The molecule has 0 aliphatic carbocycles. The normalized spacial score (nSPS) is 22.4. The van der Waals surface area contributed by atoms with Gasteiger partial charge in [0.25, 0.3) is 0 Å². The number of hydrogen-bond donors (Lipinski definition) is 0. The van der Waals surface area contributed by atoms with Crippen LogP contribution in [0.1, 0.15) is 30.6 Å². The Bertz CT molecular complexity index is 434. The molecule has 1 atom stereocenters. The average Bonchev–Trinajstić information content (AvgIpc) is 2.70. The van der Waals surface area contributed by atoms with Gasteiger partial charge >= 0.3 is 0 Å². The summed E-state index contributed by atoms with van der Waals surface area (Å²) in [6.45, 7) is 4.37. The van der Waals surface area contributed by atoms with Gasteiger partial charge in [0.15, 0.2) is 11.6 Å². The molecule has 1 aromatic rings. The van der Waals surface area contributed by atoms with E-state index in [0.29, 0.717) is 18.6 Å². The van der Waals surface area contributed by atoms with Crippen molar-refractivity contribution in [2.24, 2.45) is 0 Å². The lowest BCUT2D eigenvalue weighted by Crippen LogP contribution is -2.21. The van der Waals surface area contributed by atoms with Crippen LogP contribution in [0, 0.1) is 0 Å². The summed E-state index contributed by atoms with van der Waals surface area (Å²) in [6, 6.07) is 9.23. The number of ketones is 1. The van der Waals surface area contributed by atoms with Crippen LogP contribution in [0.4, 0.5) is 0 Å². The van der Waals surface area contributed by atoms with Crippen LogP contribution in [0.2, 0.25) is 0 Å². The Kier molecular flexibility index (Phi) is 3.94. The maximum Gasteiger partial charge on any atom is 0.185 e. The molecule has 1 aliphatic rings. The van der Waals surface area contributed by atoms with E-state index in [1.807, 2.05) is 50.3 Å². The average molecular weight is 246 g/mol. The maximum atomic E-state index is 11.8. The second-order valence-corrected chi connectivity index (χ2v) is 4.82. The van der Waals surface area contributed by atoms with Crippen LogP contribution >= 0.6 is 0 Å². The fourth-order valence-electron chi connectivity index (χ4n) is 1.90. The molecular weight excluding hydrogens is 228 g/mol. The van der Waals surface area contributed by atoms with Crippen LogP contribution in [0.25, 0.3) is 0 Å². The third kappa shape index (κ3) is 3.52. The summed E-state index contributed by atoms with van der Waals surface area (Å²) in [5, 5.41) is 0. The number of hydrogen-bond acceptors (Lipinski definition) is 3. The van der Waals surface area contributed by atoms with Crippen molar-refractivity contribution in [1.82, 2.24) is 0 Å². The topological polar surface area (TPSA) is 35.5 Å². The smallest absolute Gasteiger partial charge is 0.185 e. The van der Waals surface area contributed by atoms with E-state index < -0.39 is 5.79 Å². The van der Waals surface area contributed by atoms with Crippen LogP contribution in [0.3, 0.4) is 0 Å². The highest BCUT2D eigenvalue weighted by molar-refractivity contribution is 6.04. The van der Waals surface area contributed by atoms with Gasteiger partial charge in [0.05, 0.1) is 12.7 Å². The second kappa shape index (κ2) is 5.46. The number of benzene rings is 1. The fraction of sp³-hybridized carbons (Fsp3) is 0.400. The Morgan fingerprint density at radius 1 is 1.39 bits per heavy atom. The first-order chi connectivity index (χ1) is 8.57. The molecule has 2 rings (SSSR count). The molecule has 3 nitrogen and oxygen atoms in total. The van der Waals surface area contributed by atoms with E-state index >= 15 is 0 Å². The predicted octanol–water partition coefficient (Wildman–Crippen LogP) is 2.97. The molecule has 1 aromatic carbocycles. The number of ether oxygens (including phenoxy) is 2. The molecule has 18 heavy (non-hydrogen) atoms. The molecule has 0 N–H and O–H groups in total. The zero-order chi connectivity index (χ0) is 13.0. The monoisotopic (exact) mass is 246 g/mol. The van der Waals surface area contributed by atoms with Gasteiger partial charge in [-0.2, -0.15) is 0 Å². The van der Waals surface area contributed by atoms with Gasteiger partial charge in [-0.15, -0.1) is 0 Å². The van der Waals surface area contributed by atoms with Crippen LogP contribution in [0.15, 0.2) is 42.5 Å². The molecule has 0 spiro atoms. The SMILES string of the molecule is CC1(C)OC[C@H](C/C=C/C(=O)c2ccccc2)O1. The van der Waals surface area contributed by atoms with E-state index in [9.17, 15) is 4.79 Å². The first-order valence-corrected chi connectivity index (χ1v) is 6.14. The molecule has 1 heterocycles. The van der Waals surface area contributed by atoms with Gasteiger partial charge in [0.1, 0.15) is 0 Å². The molecule has 0 unspecified atom stereocenters. The predicted molar refractivity (Wildman–Crippen MR) is 69.4 cm³/mol. The van der Waals surface area contributed by atoms with Crippen LogP contribution in [-0.4, -0.2) is 24.3 Å². The van der Waals surface area contributed by atoms with Crippen molar-refractivity contribution < 1.29 is 14.3 Å². The first kappa shape index (κ1) is 13.0. The summed E-state index contributed by atoms with van der Waals surface area (Å²) in [5.74, 6) is -0.476. The molecule has 0 aromatic heterocycles. The van der Waals surface area contributed by atoms with E-state index in [1.165, 1.54) is 0 Å². The number of allylic oxidation sites excluding steroid dienone is 1. The maximum absolute atomic E-state index is 11.8. The Hall–Kier alpha value is -1.45. The number of carbonyl (C=O) groups excluding carboxylic acids is 1. The Morgan fingerprint density at radius 2 is 2.11 bits per heavy atom. The Balaban J connectivity index is 1.84.